The highest BCUT2D eigenvalue weighted by molar-refractivity contribution is 8.19. The van der Waals surface area contributed by atoms with E-state index in [0.717, 1.165) is 29.7 Å². The van der Waals surface area contributed by atoms with Crippen molar-refractivity contribution >= 4 is 46.3 Å². The van der Waals surface area contributed by atoms with E-state index >= 15 is 0 Å². The number of amides is 1. The molecule has 0 aliphatic carbocycles. The second kappa shape index (κ2) is 8.84. The van der Waals surface area contributed by atoms with Crippen molar-refractivity contribution < 1.29 is 14.3 Å². The van der Waals surface area contributed by atoms with Crippen LogP contribution in [0.2, 0.25) is 0 Å². The van der Waals surface area contributed by atoms with Crippen LogP contribution in [0.1, 0.15) is 31.2 Å². The molecule has 0 N–H and O–H groups in total. The summed E-state index contributed by atoms with van der Waals surface area (Å²) in [6.45, 7) is 0.595. The van der Waals surface area contributed by atoms with Gasteiger partial charge in [0.1, 0.15) is 4.99 Å². The SMILES string of the molecule is COC(=O)CCCCCN1C(=O)S/C(=C\c2ccccc2)C1=S. The number of nitrogens with zero attached hydrogens (tertiary/aromatic N) is 1. The minimum atomic E-state index is -0.193. The third kappa shape index (κ3) is 5.18. The Morgan fingerprint density at radius 1 is 1.26 bits per heavy atom. The van der Waals surface area contributed by atoms with Gasteiger partial charge in [-0.1, -0.05) is 49.0 Å². The molecule has 0 unspecified atom stereocenters. The predicted molar refractivity (Wildman–Crippen MR) is 97.2 cm³/mol. The molecule has 1 aliphatic heterocycles. The third-order valence-corrected chi connectivity index (χ3v) is 4.96. The maximum atomic E-state index is 12.1. The minimum absolute atomic E-state index is 0.0230. The van der Waals surface area contributed by atoms with Gasteiger partial charge in [0.15, 0.2) is 0 Å². The van der Waals surface area contributed by atoms with Gasteiger partial charge in [0.05, 0.1) is 12.0 Å². The van der Waals surface area contributed by atoms with E-state index < -0.39 is 0 Å². The van der Waals surface area contributed by atoms with Gasteiger partial charge in [-0.3, -0.25) is 14.5 Å². The van der Waals surface area contributed by atoms with Crippen LogP contribution in [0.3, 0.4) is 0 Å². The van der Waals surface area contributed by atoms with Crippen LogP contribution in [-0.2, 0) is 9.53 Å². The Bertz CT molecular complexity index is 614. The van der Waals surface area contributed by atoms with Gasteiger partial charge in [-0.05, 0) is 36.2 Å². The zero-order chi connectivity index (χ0) is 16.7. The Morgan fingerprint density at radius 3 is 2.70 bits per heavy atom. The van der Waals surface area contributed by atoms with Crippen LogP contribution in [0.15, 0.2) is 35.2 Å². The van der Waals surface area contributed by atoms with Gasteiger partial charge < -0.3 is 4.74 Å². The maximum absolute atomic E-state index is 12.1. The molecule has 1 saturated heterocycles. The smallest absolute Gasteiger partial charge is 0.305 e. The summed E-state index contributed by atoms with van der Waals surface area (Å²) in [4.78, 5) is 26.2. The first-order valence-electron chi connectivity index (χ1n) is 7.49. The fourth-order valence-corrected chi connectivity index (χ4v) is 3.50. The Kier molecular flexibility index (Phi) is 6.80. The molecule has 1 fully saturated rings. The zero-order valence-electron chi connectivity index (χ0n) is 13.0. The number of rotatable bonds is 7. The molecule has 2 rings (SSSR count). The molecular formula is C17H19NO3S2. The van der Waals surface area contributed by atoms with Gasteiger partial charge in [0, 0.05) is 13.0 Å². The normalized spacial score (nSPS) is 16.2. The van der Waals surface area contributed by atoms with E-state index in [1.165, 1.54) is 18.9 Å². The van der Waals surface area contributed by atoms with E-state index in [4.69, 9.17) is 12.2 Å². The summed E-state index contributed by atoms with van der Waals surface area (Å²) in [7, 11) is 1.39. The molecule has 0 atom stereocenters. The molecule has 122 valence electrons. The number of hydrogen-bond acceptors (Lipinski definition) is 5. The molecule has 0 aromatic heterocycles. The number of carbonyl (C=O) groups excluding carboxylic acids is 2. The Hall–Kier alpha value is -1.66. The lowest BCUT2D eigenvalue weighted by molar-refractivity contribution is -0.140. The van der Waals surface area contributed by atoms with Crippen LogP contribution in [-0.4, -0.2) is 34.8 Å². The summed E-state index contributed by atoms with van der Waals surface area (Å²) in [6.07, 6.45) is 4.82. The van der Waals surface area contributed by atoms with Crippen molar-refractivity contribution in [2.45, 2.75) is 25.7 Å². The van der Waals surface area contributed by atoms with Crippen molar-refractivity contribution in [1.82, 2.24) is 4.90 Å². The summed E-state index contributed by atoms with van der Waals surface area (Å²) in [5, 5.41) is -0.0230. The average Bonchev–Trinajstić information content (AvgIpc) is 2.82. The van der Waals surface area contributed by atoms with E-state index in [9.17, 15) is 9.59 Å². The lowest BCUT2D eigenvalue weighted by Crippen LogP contribution is -2.27. The molecule has 4 nitrogen and oxygen atoms in total. The van der Waals surface area contributed by atoms with E-state index in [1.807, 2.05) is 36.4 Å². The fraction of sp³-hybridized carbons (Fsp3) is 0.353. The van der Waals surface area contributed by atoms with Gasteiger partial charge in [-0.15, -0.1) is 0 Å². The number of unbranched alkanes of at least 4 members (excludes halogenated alkanes) is 2. The Morgan fingerprint density at radius 2 is 2.00 bits per heavy atom. The van der Waals surface area contributed by atoms with Crippen LogP contribution in [0, 0.1) is 0 Å². The van der Waals surface area contributed by atoms with Crippen molar-refractivity contribution in [3.63, 3.8) is 0 Å². The number of hydrogen-bond donors (Lipinski definition) is 0. The van der Waals surface area contributed by atoms with Crippen LogP contribution >= 0.6 is 24.0 Å². The Labute approximate surface area is 145 Å². The molecule has 23 heavy (non-hydrogen) atoms. The number of carbonyl (C=O) groups is 2. The topological polar surface area (TPSA) is 46.6 Å². The number of esters is 1. The van der Waals surface area contributed by atoms with Crippen molar-refractivity contribution in [3.8, 4) is 0 Å². The molecule has 1 aromatic carbocycles. The van der Waals surface area contributed by atoms with Gasteiger partial charge >= 0.3 is 5.97 Å². The van der Waals surface area contributed by atoms with E-state index in [-0.39, 0.29) is 11.2 Å². The highest BCUT2D eigenvalue weighted by atomic mass is 32.2. The van der Waals surface area contributed by atoms with Gasteiger partial charge in [-0.25, -0.2) is 0 Å². The molecule has 0 saturated carbocycles. The van der Waals surface area contributed by atoms with Crippen LogP contribution in [0.4, 0.5) is 4.79 Å². The first-order valence-corrected chi connectivity index (χ1v) is 8.71. The lowest BCUT2D eigenvalue weighted by atomic mass is 10.2. The molecule has 6 heteroatoms. The number of methoxy groups -OCH3 is 1. The number of thiocarbonyl (C=S) groups is 1. The fourth-order valence-electron chi connectivity index (χ4n) is 2.21. The van der Waals surface area contributed by atoms with Crippen molar-refractivity contribution in [1.29, 1.82) is 0 Å². The van der Waals surface area contributed by atoms with E-state index in [2.05, 4.69) is 4.74 Å². The summed E-state index contributed by atoms with van der Waals surface area (Å²) in [6, 6.07) is 9.83. The minimum Gasteiger partial charge on any atom is -0.469 e. The number of ether oxygens (including phenoxy) is 1. The maximum Gasteiger partial charge on any atom is 0.305 e. The molecule has 0 spiro atoms. The van der Waals surface area contributed by atoms with Gasteiger partial charge in [0.2, 0.25) is 0 Å². The predicted octanol–water partition coefficient (Wildman–Crippen LogP) is 4.26. The van der Waals surface area contributed by atoms with Crippen LogP contribution in [0.5, 0.6) is 0 Å². The highest BCUT2D eigenvalue weighted by Gasteiger charge is 2.30. The first-order chi connectivity index (χ1) is 11.1. The van der Waals surface area contributed by atoms with Crippen LogP contribution < -0.4 is 0 Å². The summed E-state index contributed by atoms with van der Waals surface area (Å²) < 4.78 is 4.60. The second-order valence-corrected chi connectivity index (χ2v) is 6.51. The van der Waals surface area contributed by atoms with Gasteiger partial charge in [0.25, 0.3) is 5.24 Å². The third-order valence-electron chi connectivity index (χ3n) is 3.46. The molecule has 1 aromatic rings. The molecule has 1 amide bonds. The largest absolute Gasteiger partial charge is 0.469 e. The Balaban J connectivity index is 1.84. The van der Waals surface area contributed by atoms with Gasteiger partial charge in [-0.2, -0.15) is 0 Å². The number of benzene rings is 1. The van der Waals surface area contributed by atoms with E-state index in [1.54, 1.807) is 4.90 Å². The van der Waals surface area contributed by atoms with Crippen molar-refractivity contribution in [2.75, 3.05) is 13.7 Å². The molecule has 1 aliphatic rings. The highest BCUT2D eigenvalue weighted by Crippen LogP contribution is 2.33. The van der Waals surface area contributed by atoms with Crippen LogP contribution in [0.25, 0.3) is 6.08 Å². The molecule has 0 bridgehead atoms. The standard InChI is InChI=1S/C17H19NO3S2/c1-21-15(19)10-6-3-7-11-18-16(22)14(23-17(18)20)12-13-8-4-2-5-9-13/h2,4-5,8-9,12H,3,6-7,10-11H2,1H3/b14-12-. The zero-order valence-corrected chi connectivity index (χ0v) is 14.6. The molecule has 1 heterocycles. The quantitative estimate of drug-likeness (QED) is 0.319. The number of thioether (sulfide) groups is 1. The average molecular weight is 349 g/mol. The summed E-state index contributed by atoms with van der Waals surface area (Å²) >= 11 is 6.60. The summed E-state index contributed by atoms with van der Waals surface area (Å²) in [5.41, 5.74) is 1.03. The lowest BCUT2D eigenvalue weighted by Gasteiger charge is -2.14. The van der Waals surface area contributed by atoms with E-state index in [0.29, 0.717) is 18.0 Å². The van der Waals surface area contributed by atoms with Crippen molar-refractivity contribution in [3.05, 3.63) is 40.8 Å². The van der Waals surface area contributed by atoms with Crippen molar-refractivity contribution in [2.24, 2.45) is 0 Å². The monoisotopic (exact) mass is 349 g/mol. The molecular weight excluding hydrogens is 330 g/mol. The molecule has 0 radical (unpaired) electrons. The second-order valence-electron chi connectivity index (χ2n) is 5.13. The summed E-state index contributed by atoms with van der Waals surface area (Å²) in [5.74, 6) is -0.193. The first kappa shape index (κ1) is 17.7.